The monoisotopic (exact) mass is 423 g/mol. The molecule has 0 unspecified atom stereocenters. The highest BCUT2D eigenvalue weighted by Gasteiger charge is 2.39. The summed E-state index contributed by atoms with van der Waals surface area (Å²) in [5.41, 5.74) is 1.39. The number of amides is 2. The van der Waals surface area contributed by atoms with E-state index in [0.717, 1.165) is 31.9 Å². The Morgan fingerprint density at radius 1 is 1.14 bits per heavy atom. The van der Waals surface area contributed by atoms with Gasteiger partial charge in [-0.3, -0.25) is 0 Å². The minimum absolute atomic E-state index is 0.107. The van der Waals surface area contributed by atoms with Crippen LogP contribution in [0.4, 0.5) is 4.79 Å². The van der Waals surface area contributed by atoms with E-state index in [2.05, 4.69) is 29.0 Å². The van der Waals surface area contributed by atoms with Gasteiger partial charge in [0.05, 0.1) is 25.0 Å². The molecular formula is C21H33N3O4S. The third kappa shape index (κ3) is 5.93. The molecule has 0 bridgehead atoms. The summed E-state index contributed by atoms with van der Waals surface area (Å²) in [6, 6.07) is 9.89. The lowest BCUT2D eigenvalue weighted by molar-refractivity contribution is -0.00207. The van der Waals surface area contributed by atoms with E-state index in [1.165, 1.54) is 10.5 Å². The van der Waals surface area contributed by atoms with Gasteiger partial charge in [-0.15, -0.1) is 0 Å². The van der Waals surface area contributed by atoms with Crippen molar-refractivity contribution in [3.8, 4) is 0 Å². The van der Waals surface area contributed by atoms with Crippen LogP contribution < -0.4 is 4.72 Å². The summed E-state index contributed by atoms with van der Waals surface area (Å²) in [5, 5.41) is 0. The lowest BCUT2D eigenvalue weighted by Gasteiger charge is -2.33. The van der Waals surface area contributed by atoms with Crippen molar-refractivity contribution in [1.82, 2.24) is 14.5 Å². The molecule has 7 nitrogen and oxygen atoms in total. The second-order valence-electron chi connectivity index (χ2n) is 8.44. The Bertz CT molecular complexity index is 776. The Balaban J connectivity index is 1.58. The number of rotatable bonds is 6. The average Bonchev–Trinajstić information content (AvgIpc) is 3.07. The standard InChI is InChI=1S/C21H33N3O4S/c1-23(2)21(25)24-14-13-19(22-29(3,26)27)20(24)15-28-18-11-9-17(10-12-18)16-7-5-4-6-8-16/h4-8,17-20,22H,9-15H2,1-3H3/t17?,18?,19-,20-/m1/s1. The second kappa shape index (κ2) is 9.45. The van der Waals surface area contributed by atoms with E-state index in [4.69, 9.17) is 4.74 Å². The Morgan fingerprint density at radius 2 is 1.79 bits per heavy atom. The topological polar surface area (TPSA) is 79.0 Å². The second-order valence-corrected chi connectivity index (χ2v) is 10.2. The van der Waals surface area contributed by atoms with E-state index in [1.807, 2.05) is 6.07 Å². The Morgan fingerprint density at radius 3 is 2.38 bits per heavy atom. The molecule has 1 N–H and O–H groups in total. The van der Waals surface area contributed by atoms with Crippen LogP contribution in [0.25, 0.3) is 0 Å². The number of sulfonamides is 1. The highest BCUT2D eigenvalue weighted by atomic mass is 32.2. The van der Waals surface area contributed by atoms with Crippen LogP contribution in [-0.4, -0.2) is 75.9 Å². The van der Waals surface area contributed by atoms with Gasteiger partial charge in [-0.2, -0.15) is 0 Å². The van der Waals surface area contributed by atoms with Crippen molar-refractivity contribution in [1.29, 1.82) is 0 Å². The first-order valence-corrected chi connectivity index (χ1v) is 12.3. The molecule has 1 aromatic rings. The highest BCUT2D eigenvalue weighted by molar-refractivity contribution is 7.88. The van der Waals surface area contributed by atoms with Crippen molar-refractivity contribution in [2.45, 2.75) is 56.2 Å². The minimum atomic E-state index is -3.35. The summed E-state index contributed by atoms with van der Waals surface area (Å²) in [5.74, 6) is 0.578. The molecule has 162 valence electrons. The van der Waals surface area contributed by atoms with Crippen molar-refractivity contribution in [2.24, 2.45) is 0 Å². The number of likely N-dealkylation sites (tertiary alicyclic amines) is 1. The molecule has 3 rings (SSSR count). The lowest BCUT2D eigenvalue weighted by Crippen LogP contribution is -2.51. The summed E-state index contributed by atoms with van der Waals surface area (Å²) < 4.78 is 32.4. The van der Waals surface area contributed by atoms with Gasteiger partial charge in [0.15, 0.2) is 0 Å². The first-order chi connectivity index (χ1) is 13.7. The molecule has 1 aromatic carbocycles. The maximum absolute atomic E-state index is 12.5. The maximum atomic E-state index is 12.5. The van der Waals surface area contributed by atoms with Crippen molar-refractivity contribution >= 4 is 16.1 Å². The number of ether oxygens (including phenoxy) is 1. The summed E-state index contributed by atoms with van der Waals surface area (Å²) >= 11 is 0. The fraction of sp³-hybridized carbons (Fsp3) is 0.667. The van der Waals surface area contributed by atoms with Gasteiger partial charge in [-0.25, -0.2) is 17.9 Å². The number of carbonyl (C=O) groups is 1. The van der Waals surface area contributed by atoms with E-state index in [-0.39, 0.29) is 24.2 Å². The third-order valence-corrected chi connectivity index (χ3v) is 6.72. The van der Waals surface area contributed by atoms with Crippen LogP contribution in [-0.2, 0) is 14.8 Å². The third-order valence-electron chi connectivity index (χ3n) is 5.99. The number of urea groups is 1. The van der Waals surface area contributed by atoms with Crippen LogP contribution in [0.2, 0.25) is 0 Å². The maximum Gasteiger partial charge on any atom is 0.319 e. The molecule has 2 amide bonds. The number of hydrogen-bond acceptors (Lipinski definition) is 4. The first-order valence-electron chi connectivity index (χ1n) is 10.4. The largest absolute Gasteiger partial charge is 0.376 e. The van der Waals surface area contributed by atoms with Gasteiger partial charge in [-0.05, 0) is 43.6 Å². The van der Waals surface area contributed by atoms with Gasteiger partial charge in [0.2, 0.25) is 10.0 Å². The SMILES string of the molecule is CN(C)C(=O)N1CC[C@@H](NS(C)(=O)=O)[C@H]1COC1CCC(c2ccccc2)CC1. The molecule has 1 heterocycles. The molecule has 8 heteroatoms. The Hall–Kier alpha value is -1.64. The molecule has 0 radical (unpaired) electrons. The predicted octanol–water partition coefficient (Wildman–Crippen LogP) is 2.40. The molecule has 29 heavy (non-hydrogen) atoms. The van der Waals surface area contributed by atoms with Crippen molar-refractivity contribution in [3.63, 3.8) is 0 Å². The minimum Gasteiger partial charge on any atom is -0.376 e. The average molecular weight is 424 g/mol. The Labute approximate surface area is 174 Å². The van der Waals surface area contributed by atoms with E-state index < -0.39 is 10.0 Å². The molecule has 1 aliphatic carbocycles. The van der Waals surface area contributed by atoms with Crippen LogP contribution in [0.5, 0.6) is 0 Å². The van der Waals surface area contributed by atoms with Crippen molar-refractivity contribution in [3.05, 3.63) is 35.9 Å². The molecule has 2 fully saturated rings. The van der Waals surface area contributed by atoms with E-state index in [1.54, 1.807) is 19.0 Å². The quantitative estimate of drug-likeness (QED) is 0.762. The van der Waals surface area contributed by atoms with E-state index >= 15 is 0 Å². The number of nitrogens with one attached hydrogen (secondary N) is 1. The highest BCUT2D eigenvalue weighted by Crippen LogP contribution is 2.34. The van der Waals surface area contributed by atoms with Gasteiger partial charge in [0, 0.05) is 26.7 Å². The van der Waals surface area contributed by atoms with E-state index in [9.17, 15) is 13.2 Å². The molecule has 0 spiro atoms. The summed E-state index contributed by atoms with van der Waals surface area (Å²) in [6.45, 7) is 0.881. The molecule has 2 atom stereocenters. The molecule has 0 aromatic heterocycles. The molecule has 1 saturated carbocycles. The number of benzene rings is 1. The molecule has 1 saturated heterocycles. The van der Waals surface area contributed by atoms with Gasteiger partial charge in [-0.1, -0.05) is 30.3 Å². The number of carbonyl (C=O) groups excluding carboxylic acids is 1. The first kappa shape index (κ1) is 22.1. The van der Waals surface area contributed by atoms with Gasteiger partial charge in [0.1, 0.15) is 0 Å². The van der Waals surface area contributed by atoms with Crippen LogP contribution >= 0.6 is 0 Å². The van der Waals surface area contributed by atoms with Gasteiger partial charge < -0.3 is 14.5 Å². The Kier molecular flexibility index (Phi) is 7.19. The smallest absolute Gasteiger partial charge is 0.319 e. The zero-order chi connectivity index (χ0) is 21.0. The molecule has 1 aliphatic heterocycles. The fourth-order valence-corrected chi connectivity index (χ4v) is 5.31. The van der Waals surface area contributed by atoms with Crippen molar-refractivity contribution in [2.75, 3.05) is 33.5 Å². The van der Waals surface area contributed by atoms with Crippen LogP contribution in [0, 0.1) is 0 Å². The van der Waals surface area contributed by atoms with Crippen LogP contribution in [0.15, 0.2) is 30.3 Å². The number of nitrogens with zero attached hydrogens (tertiary/aromatic N) is 2. The van der Waals surface area contributed by atoms with Crippen LogP contribution in [0.1, 0.15) is 43.6 Å². The van der Waals surface area contributed by atoms with Gasteiger partial charge >= 0.3 is 6.03 Å². The zero-order valence-electron chi connectivity index (χ0n) is 17.6. The molecule has 2 aliphatic rings. The molecular weight excluding hydrogens is 390 g/mol. The predicted molar refractivity (Wildman–Crippen MR) is 113 cm³/mol. The summed E-state index contributed by atoms with van der Waals surface area (Å²) in [7, 11) is 0.0734. The van der Waals surface area contributed by atoms with Crippen LogP contribution in [0.3, 0.4) is 0 Å². The summed E-state index contributed by atoms with van der Waals surface area (Å²) in [6.07, 6.45) is 6.06. The zero-order valence-corrected chi connectivity index (χ0v) is 18.4. The fourth-order valence-electron chi connectivity index (χ4n) is 4.49. The summed E-state index contributed by atoms with van der Waals surface area (Å²) in [4.78, 5) is 15.8. The van der Waals surface area contributed by atoms with Crippen molar-refractivity contribution < 1.29 is 17.9 Å². The lowest BCUT2D eigenvalue weighted by atomic mass is 9.83. The number of hydrogen-bond donors (Lipinski definition) is 1. The van der Waals surface area contributed by atoms with Gasteiger partial charge in [0.25, 0.3) is 0 Å². The normalized spacial score (nSPS) is 27.8. The van der Waals surface area contributed by atoms with E-state index in [0.29, 0.717) is 25.5 Å².